The zero-order chi connectivity index (χ0) is 12.7. The van der Waals surface area contributed by atoms with Gasteiger partial charge >= 0.3 is 0 Å². The van der Waals surface area contributed by atoms with Crippen molar-refractivity contribution < 1.29 is 4.79 Å². The molecule has 0 aromatic heterocycles. The first kappa shape index (κ1) is 14.1. The van der Waals surface area contributed by atoms with E-state index in [0.717, 1.165) is 17.7 Å². The molecule has 0 aliphatic carbocycles. The SMILES string of the molecule is CCC[C@H](C)NC(=O)[C@@H](C)Sc1ccccc1. The first-order valence-corrected chi connectivity index (χ1v) is 7.03. The van der Waals surface area contributed by atoms with E-state index in [4.69, 9.17) is 0 Å². The van der Waals surface area contributed by atoms with Crippen LogP contribution in [0.2, 0.25) is 0 Å². The Kier molecular flexibility index (Phi) is 6.12. The fourth-order valence-corrected chi connectivity index (χ4v) is 2.52. The summed E-state index contributed by atoms with van der Waals surface area (Å²) in [4.78, 5) is 13.0. The third-order valence-electron chi connectivity index (χ3n) is 2.54. The van der Waals surface area contributed by atoms with E-state index in [2.05, 4.69) is 19.2 Å². The highest BCUT2D eigenvalue weighted by molar-refractivity contribution is 8.00. The maximum atomic E-state index is 11.9. The summed E-state index contributed by atoms with van der Waals surface area (Å²) in [7, 11) is 0. The molecule has 0 bridgehead atoms. The minimum Gasteiger partial charge on any atom is -0.353 e. The molecular weight excluding hydrogens is 230 g/mol. The Labute approximate surface area is 108 Å². The van der Waals surface area contributed by atoms with Gasteiger partial charge in [0.15, 0.2) is 0 Å². The molecule has 0 unspecified atom stereocenters. The van der Waals surface area contributed by atoms with Crippen molar-refractivity contribution in [2.24, 2.45) is 0 Å². The molecule has 0 saturated heterocycles. The molecule has 0 aliphatic heterocycles. The number of hydrogen-bond donors (Lipinski definition) is 1. The van der Waals surface area contributed by atoms with Gasteiger partial charge in [0.2, 0.25) is 5.91 Å². The molecule has 2 nitrogen and oxygen atoms in total. The molecule has 1 aromatic rings. The zero-order valence-corrected chi connectivity index (χ0v) is 11.6. The molecule has 0 heterocycles. The summed E-state index contributed by atoms with van der Waals surface area (Å²) in [5, 5.41) is 3.00. The van der Waals surface area contributed by atoms with Crippen LogP contribution in [-0.2, 0) is 4.79 Å². The smallest absolute Gasteiger partial charge is 0.233 e. The fraction of sp³-hybridized carbons (Fsp3) is 0.500. The summed E-state index contributed by atoms with van der Waals surface area (Å²) in [6.45, 7) is 6.14. The van der Waals surface area contributed by atoms with E-state index in [9.17, 15) is 4.79 Å². The van der Waals surface area contributed by atoms with Gasteiger partial charge in [-0.3, -0.25) is 4.79 Å². The standard InChI is InChI=1S/C14H21NOS/c1-4-8-11(2)15-14(16)12(3)17-13-9-6-5-7-10-13/h5-7,9-12H,4,8H2,1-3H3,(H,15,16)/t11-,12+/m0/s1. The molecule has 1 amide bonds. The van der Waals surface area contributed by atoms with Crippen LogP contribution in [0.4, 0.5) is 0 Å². The van der Waals surface area contributed by atoms with Crippen molar-refractivity contribution in [2.45, 2.75) is 49.8 Å². The zero-order valence-electron chi connectivity index (χ0n) is 10.8. The molecule has 2 atom stereocenters. The second-order valence-corrected chi connectivity index (χ2v) is 5.69. The summed E-state index contributed by atoms with van der Waals surface area (Å²) >= 11 is 1.60. The van der Waals surface area contributed by atoms with Crippen molar-refractivity contribution in [1.29, 1.82) is 0 Å². The van der Waals surface area contributed by atoms with Crippen LogP contribution in [0.5, 0.6) is 0 Å². The topological polar surface area (TPSA) is 29.1 Å². The quantitative estimate of drug-likeness (QED) is 0.784. The van der Waals surface area contributed by atoms with Crippen LogP contribution in [0.25, 0.3) is 0 Å². The van der Waals surface area contributed by atoms with Crippen LogP contribution < -0.4 is 5.32 Å². The highest BCUT2D eigenvalue weighted by Gasteiger charge is 2.15. The Hall–Kier alpha value is -0.960. The first-order valence-electron chi connectivity index (χ1n) is 6.15. The molecule has 1 aromatic carbocycles. The average Bonchev–Trinajstić information content (AvgIpc) is 2.30. The number of carbonyl (C=O) groups excluding carboxylic acids is 1. The van der Waals surface area contributed by atoms with Crippen LogP contribution in [0, 0.1) is 0 Å². The van der Waals surface area contributed by atoms with E-state index < -0.39 is 0 Å². The van der Waals surface area contributed by atoms with Gasteiger partial charge in [-0.15, -0.1) is 11.8 Å². The molecule has 0 spiro atoms. The van der Waals surface area contributed by atoms with E-state index in [1.54, 1.807) is 11.8 Å². The Bertz CT molecular complexity index is 339. The lowest BCUT2D eigenvalue weighted by molar-refractivity contribution is -0.120. The Morgan fingerprint density at radius 2 is 1.94 bits per heavy atom. The van der Waals surface area contributed by atoms with Gasteiger partial charge in [0.05, 0.1) is 5.25 Å². The van der Waals surface area contributed by atoms with Crippen LogP contribution in [0.3, 0.4) is 0 Å². The normalized spacial score (nSPS) is 14.1. The van der Waals surface area contributed by atoms with E-state index in [1.165, 1.54) is 0 Å². The van der Waals surface area contributed by atoms with Gasteiger partial charge in [0.1, 0.15) is 0 Å². The maximum Gasteiger partial charge on any atom is 0.233 e. The molecule has 0 fully saturated rings. The number of rotatable bonds is 6. The lowest BCUT2D eigenvalue weighted by Crippen LogP contribution is -2.37. The Morgan fingerprint density at radius 1 is 1.29 bits per heavy atom. The lowest BCUT2D eigenvalue weighted by atomic mass is 10.2. The average molecular weight is 251 g/mol. The minimum absolute atomic E-state index is 0.0447. The number of benzene rings is 1. The molecule has 1 rings (SSSR count). The Balaban J connectivity index is 2.42. The molecule has 0 saturated carbocycles. The molecule has 0 aliphatic rings. The molecule has 94 valence electrons. The highest BCUT2D eigenvalue weighted by atomic mass is 32.2. The van der Waals surface area contributed by atoms with Crippen molar-refractivity contribution in [3.8, 4) is 0 Å². The predicted molar refractivity (Wildman–Crippen MR) is 74.3 cm³/mol. The van der Waals surface area contributed by atoms with E-state index >= 15 is 0 Å². The minimum atomic E-state index is -0.0447. The summed E-state index contributed by atoms with van der Waals surface area (Å²) < 4.78 is 0. The first-order chi connectivity index (χ1) is 8.13. The number of hydrogen-bond acceptors (Lipinski definition) is 2. The molecule has 17 heavy (non-hydrogen) atoms. The highest BCUT2D eigenvalue weighted by Crippen LogP contribution is 2.22. The number of amides is 1. The number of nitrogens with one attached hydrogen (secondary N) is 1. The van der Waals surface area contributed by atoms with Gasteiger partial charge in [-0.1, -0.05) is 31.5 Å². The van der Waals surface area contributed by atoms with Crippen LogP contribution in [0.1, 0.15) is 33.6 Å². The van der Waals surface area contributed by atoms with Crippen LogP contribution in [-0.4, -0.2) is 17.2 Å². The van der Waals surface area contributed by atoms with Crippen LogP contribution >= 0.6 is 11.8 Å². The second-order valence-electron chi connectivity index (χ2n) is 4.27. The van der Waals surface area contributed by atoms with Gasteiger partial charge < -0.3 is 5.32 Å². The molecular formula is C14H21NOS. The van der Waals surface area contributed by atoms with E-state index in [-0.39, 0.29) is 17.2 Å². The van der Waals surface area contributed by atoms with Crippen molar-refractivity contribution in [3.63, 3.8) is 0 Å². The van der Waals surface area contributed by atoms with Gasteiger partial charge in [-0.25, -0.2) is 0 Å². The molecule has 0 radical (unpaired) electrons. The summed E-state index contributed by atoms with van der Waals surface area (Å²) in [5.74, 6) is 0.125. The summed E-state index contributed by atoms with van der Waals surface area (Å²) in [6, 6.07) is 10.3. The van der Waals surface area contributed by atoms with Crippen molar-refractivity contribution in [2.75, 3.05) is 0 Å². The summed E-state index contributed by atoms with van der Waals surface area (Å²) in [5.41, 5.74) is 0. The lowest BCUT2D eigenvalue weighted by Gasteiger charge is -2.16. The van der Waals surface area contributed by atoms with E-state index in [0.29, 0.717) is 0 Å². The van der Waals surface area contributed by atoms with Gasteiger partial charge in [-0.05, 0) is 32.4 Å². The van der Waals surface area contributed by atoms with Crippen molar-refractivity contribution >= 4 is 17.7 Å². The fourth-order valence-electron chi connectivity index (χ4n) is 1.62. The van der Waals surface area contributed by atoms with E-state index in [1.807, 2.05) is 37.3 Å². The molecule has 3 heteroatoms. The van der Waals surface area contributed by atoms with Gasteiger partial charge in [0.25, 0.3) is 0 Å². The third-order valence-corrected chi connectivity index (χ3v) is 3.65. The van der Waals surface area contributed by atoms with Gasteiger partial charge in [0, 0.05) is 10.9 Å². The number of carbonyl (C=O) groups is 1. The largest absolute Gasteiger partial charge is 0.353 e. The van der Waals surface area contributed by atoms with Crippen LogP contribution in [0.15, 0.2) is 35.2 Å². The summed E-state index contributed by atoms with van der Waals surface area (Å²) in [6.07, 6.45) is 2.14. The third kappa shape index (κ3) is 5.26. The molecule has 1 N–H and O–H groups in total. The van der Waals surface area contributed by atoms with Crippen molar-refractivity contribution in [1.82, 2.24) is 5.32 Å². The van der Waals surface area contributed by atoms with Crippen molar-refractivity contribution in [3.05, 3.63) is 30.3 Å². The second kappa shape index (κ2) is 7.38. The number of thioether (sulfide) groups is 1. The Morgan fingerprint density at radius 3 is 2.53 bits per heavy atom. The van der Waals surface area contributed by atoms with Gasteiger partial charge in [-0.2, -0.15) is 0 Å². The predicted octanol–water partition coefficient (Wildman–Crippen LogP) is 3.47. The monoisotopic (exact) mass is 251 g/mol. The maximum absolute atomic E-state index is 11.9.